The zero-order valence-electron chi connectivity index (χ0n) is 13.7. The topological polar surface area (TPSA) is 23.3 Å². The van der Waals surface area contributed by atoms with Crippen LogP contribution >= 0.6 is 0 Å². The summed E-state index contributed by atoms with van der Waals surface area (Å²) in [5, 5.41) is 2.75. The van der Waals surface area contributed by atoms with E-state index in [1.165, 1.54) is 5.56 Å². The van der Waals surface area contributed by atoms with Crippen molar-refractivity contribution in [2.24, 2.45) is 0 Å². The van der Waals surface area contributed by atoms with Crippen LogP contribution in [0.2, 0.25) is 0 Å². The minimum absolute atomic E-state index is 0. The van der Waals surface area contributed by atoms with E-state index in [1.54, 1.807) is 0 Å². The molecule has 120 valence electrons. The largest absolute Gasteiger partial charge is 1.00 e. The number of hydrogen-bond acceptors (Lipinski definition) is 1. The summed E-state index contributed by atoms with van der Waals surface area (Å²) in [6, 6.07) is 24.5. The monoisotopic (exact) mass is 419 g/mol. The van der Waals surface area contributed by atoms with E-state index in [1.807, 2.05) is 50.5 Å². The maximum atomic E-state index is 6.03. The molecule has 2 nitrogen and oxygen atoms in total. The summed E-state index contributed by atoms with van der Waals surface area (Å²) in [4.78, 5) is 0. The number of aryl methyl sites for hydroxylation is 1. The standard InChI is InChI=1S/C18H15O.C2H7N.HI/c1-14-12-17(15-8-4-2-5-9-15)19-18(13-14)16-10-6-3-7-11-16;1-3-2;/h2-13H,1H3;3H,1-2H3;1H/q+1;;/p-1. The second kappa shape index (κ2) is 10.1. The molecule has 0 radical (unpaired) electrons. The van der Waals surface area contributed by atoms with Gasteiger partial charge in [-0.05, 0) is 50.8 Å². The zero-order chi connectivity index (χ0) is 15.8. The summed E-state index contributed by atoms with van der Waals surface area (Å²) < 4.78 is 6.03. The second-order valence-corrected chi connectivity index (χ2v) is 5.10. The minimum atomic E-state index is 0. The molecule has 23 heavy (non-hydrogen) atoms. The van der Waals surface area contributed by atoms with Crippen molar-refractivity contribution in [1.82, 2.24) is 5.32 Å². The highest BCUT2D eigenvalue weighted by molar-refractivity contribution is 5.63. The van der Waals surface area contributed by atoms with Crippen LogP contribution in [-0.2, 0) is 0 Å². The fraction of sp³-hybridized carbons (Fsp3) is 0.150. The van der Waals surface area contributed by atoms with Gasteiger partial charge in [0.1, 0.15) is 0 Å². The Balaban J connectivity index is 0.000000615. The van der Waals surface area contributed by atoms with Gasteiger partial charge in [0.25, 0.3) is 0 Å². The van der Waals surface area contributed by atoms with E-state index in [2.05, 4.69) is 48.6 Å². The Kier molecular flexibility index (Phi) is 8.51. The summed E-state index contributed by atoms with van der Waals surface area (Å²) in [6.07, 6.45) is 0. The van der Waals surface area contributed by atoms with Crippen molar-refractivity contribution >= 4 is 0 Å². The zero-order valence-corrected chi connectivity index (χ0v) is 15.9. The molecular formula is C20H22INO. The Morgan fingerprint density at radius 2 is 1.04 bits per heavy atom. The lowest BCUT2D eigenvalue weighted by molar-refractivity contribution is -0.00000508. The van der Waals surface area contributed by atoms with Gasteiger partial charge in [0.05, 0.1) is 11.1 Å². The molecule has 3 heteroatoms. The summed E-state index contributed by atoms with van der Waals surface area (Å²) >= 11 is 0. The van der Waals surface area contributed by atoms with Crippen LogP contribution in [0.3, 0.4) is 0 Å². The third-order valence-electron chi connectivity index (χ3n) is 3.05. The van der Waals surface area contributed by atoms with E-state index in [0.717, 1.165) is 22.6 Å². The predicted molar refractivity (Wildman–Crippen MR) is 93.7 cm³/mol. The van der Waals surface area contributed by atoms with Gasteiger partial charge in [0.15, 0.2) is 0 Å². The van der Waals surface area contributed by atoms with Gasteiger partial charge in [-0.1, -0.05) is 36.4 Å². The molecule has 0 saturated heterocycles. The maximum Gasteiger partial charge on any atom is 0.361 e. The number of rotatable bonds is 2. The first-order chi connectivity index (χ1) is 10.7. The van der Waals surface area contributed by atoms with E-state index < -0.39 is 0 Å². The fourth-order valence-corrected chi connectivity index (χ4v) is 2.12. The normalized spacial score (nSPS) is 9.35. The number of halogens is 1. The maximum absolute atomic E-state index is 6.03. The van der Waals surface area contributed by atoms with E-state index >= 15 is 0 Å². The summed E-state index contributed by atoms with van der Waals surface area (Å²) in [7, 11) is 3.75. The van der Waals surface area contributed by atoms with Crippen LogP contribution in [0.15, 0.2) is 77.2 Å². The van der Waals surface area contributed by atoms with Crippen molar-refractivity contribution in [2.75, 3.05) is 14.1 Å². The number of nitrogens with one attached hydrogen (secondary N) is 1. The lowest BCUT2D eigenvalue weighted by Crippen LogP contribution is -3.00. The Labute approximate surface area is 155 Å². The molecule has 0 atom stereocenters. The molecule has 0 unspecified atom stereocenters. The molecule has 1 aromatic heterocycles. The van der Waals surface area contributed by atoms with E-state index in [-0.39, 0.29) is 24.0 Å². The van der Waals surface area contributed by atoms with Crippen LogP contribution in [0, 0.1) is 6.92 Å². The fourth-order valence-electron chi connectivity index (χ4n) is 2.12. The molecule has 0 aliphatic heterocycles. The van der Waals surface area contributed by atoms with Crippen molar-refractivity contribution in [3.8, 4) is 22.6 Å². The van der Waals surface area contributed by atoms with Gasteiger partial charge < -0.3 is 29.3 Å². The number of benzene rings is 2. The van der Waals surface area contributed by atoms with Gasteiger partial charge in [-0.3, -0.25) is 0 Å². The molecule has 1 heterocycles. The number of hydrogen-bond donors (Lipinski definition) is 1. The average molecular weight is 419 g/mol. The second-order valence-electron chi connectivity index (χ2n) is 5.10. The average Bonchev–Trinajstić information content (AvgIpc) is 2.57. The van der Waals surface area contributed by atoms with Crippen molar-refractivity contribution in [3.63, 3.8) is 0 Å². The van der Waals surface area contributed by atoms with Crippen molar-refractivity contribution in [3.05, 3.63) is 78.4 Å². The van der Waals surface area contributed by atoms with Crippen LogP contribution < -0.4 is 29.3 Å². The van der Waals surface area contributed by atoms with Gasteiger partial charge >= 0.3 is 11.5 Å². The van der Waals surface area contributed by atoms with Crippen LogP contribution in [0.4, 0.5) is 0 Å². The van der Waals surface area contributed by atoms with Crippen molar-refractivity contribution in [1.29, 1.82) is 0 Å². The molecule has 1 N–H and O–H groups in total. The predicted octanol–water partition coefficient (Wildman–Crippen LogP) is 2.04. The molecule has 0 bridgehead atoms. The minimum Gasteiger partial charge on any atom is -1.00 e. The Morgan fingerprint density at radius 1 is 0.696 bits per heavy atom. The van der Waals surface area contributed by atoms with E-state index in [4.69, 9.17) is 4.42 Å². The van der Waals surface area contributed by atoms with Gasteiger partial charge in [0, 0.05) is 12.1 Å². The molecule has 0 fully saturated rings. The summed E-state index contributed by atoms with van der Waals surface area (Å²) in [5.41, 5.74) is 3.40. The highest BCUT2D eigenvalue weighted by Crippen LogP contribution is 2.27. The summed E-state index contributed by atoms with van der Waals surface area (Å²) in [6.45, 7) is 2.09. The van der Waals surface area contributed by atoms with Crippen molar-refractivity contribution in [2.45, 2.75) is 6.92 Å². The van der Waals surface area contributed by atoms with Crippen molar-refractivity contribution < 1.29 is 28.4 Å². The van der Waals surface area contributed by atoms with Crippen LogP contribution in [-0.4, -0.2) is 14.1 Å². The smallest absolute Gasteiger partial charge is 0.361 e. The lowest BCUT2D eigenvalue weighted by atomic mass is 10.1. The molecule has 0 aliphatic rings. The molecule has 0 spiro atoms. The molecule has 0 saturated carbocycles. The highest BCUT2D eigenvalue weighted by atomic mass is 127. The molecule has 3 aromatic rings. The molecule has 0 aliphatic carbocycles. The van der Waals surface area contributed by atoms with Gasteiger partial charge in [-0.15, -0.1) is 0 Å². The molecule has 0 amide bonds. The van der Waals surface area contributed by atoms with Gasteiger partial charge in [0.2, 0.25) is 0 Å². The third kappa shape index (κ3) is 5.77. The van der Waals surface area contributed by atoms with E-state index in [9.17, 15) is 0 Å². The lowest BCUT2D eigenvalue weighted by Gasteiger charge is -1.96. The van der Waals surface area contributed by atoms with Gasteiger partial charge in [-0.2, -0.15) is 0 Å². The first kappa shape index (κ1) is 19.3. The van der Waals surface area contributed by atoms with Crippen LogP contribution in [0.25, 0.3) is 22.6 Å². The Hall–Kier alpha value is -1.72. The molecule has 2 aromatic carbocycles. The van der Waals surface area contributed by atoms with Crippen LogP contribution in [0.1, 0.15) is 5.56 Å². The first-order valence-electron chi connectivity index (χ1n) is 7.38. The quantitative estimate of drug-likeness (QED) is 0.508. The van der Waals surface area contributed by atoms with Crippen LogP contribution in [0.5, 0.6) is 0 Å². The summed E-state index contributed by atoms with van der Waals surface area (Å²) in [5.74, 6) is 1.80. The first-order valence-corrected chi connectivity index (χ1v) is 7.38. The van der Waals surface area contributed by atoms with Gasteiger partial charge in [-0.25, -0.2) is 4.42 Å². The molecule has 3 rings (SSSR count). The third-order valence-corrected chi connectivity index (χ3v) is 3.05. The SMILES string of the molecule is CNC.Cc1cc(-c2ccccc2)[o+]c(-c2ccccc2)c1.[I-]. The van der Waals surface area contributed by atoms with E-state index in [0.29, 0.717) is 0 Å². The Morgan fingerprint density at radius 3 is 1.39 bits per heavy atom. The molecular weight excluding hydrogens is 397 g/mol. The Bertz CT molecular complexity index is 642. The highest BCUT2D eigenvalue weighted by Gasteiger charge is 2.17.